The lowest BCUT2D eigenvalue weighted by Gasteiger charge is -2.10. The van der Waals surface area contributed by atoms with Crippen LogP contribution in [-0.2, 0) is 12.8 Å². The van der Waals surface area contributed by atoms with Gasteiger partial charge in [-0.1, -0.05) is 28.6 Å². The standard InChI is InChI=1S/C12H13BrO/c1-2-8-14-12-7-6-11(13)9-4-3-5-10(9)12/h2,6-7H,1,3-5,8H2. The molecular weight excluding hydrogens is 240 g/mol. The van der Waals surface area contributed by atoms with Crippen LogP contribution in [0.15, 0.2) is 29.3 Å². The van der Waals surface area contributed by atoms with Crippen LogP contribution in [0.1, 0.15) is 17.5 Å². The molecule has 0 atom stereocenters. The van der Waals surface area contributed by atoms with Crippen LogP contribution < -0.4 is 4.74 Å². The summed E-state index contributed by atoms with van der Waals surface area (Å²) in [6, 6.07) is 4.11. The van der Waals surface area contributed by atoms with Gasteiger partial charge in [-0.15, -0.1) is 0 Å². The van der Waals surface area contributed by atoms with Crippen LogP contribution in [0.2, 0.25) is 0 Å². The van der Waals surface area contributed by atoms with Crippen LogP contribution in [0.4, 0.5) is 0 Å². The second-order valence-electron chi connectivity index (χ2n) is 3.46. The highest BCUT2D eigenvalue weighted by atomic mass is 79.9. The normalized spacial score (nSPS) is 13.8. The molecule has 0 aliphatic heterocycles. The zero-order valence-corrected chi connectivity index (χ0v) is 9.64. The Morgan fingerprint density at radius 3 is 2.93 bits per heavy atom. The molecule has 1 aliphatic carbocycles. The van der Waals surface area contributed by atoms with E-state index in [-0.39, 0.29) is 0 Å². The van der Waals surface area contributed by atoms with E-state index >= 15 is 0 Å². The molecule has 0 spiro atoms. The zero-order chi connectivity index (χ0) is 9.97. The Bertz CT molecular complexity index is 358. The fourth-order valence-corrected chi connectivity index (χ4v) is 2.48. The summed E-state index contributed by atoms with van der Waals surface area (Å²) >= 11 is 3.57. The molecule has 1 aromatic carbocycles. The zero-order valence-electron chi connectivity index (χ0n) is 8.05. The van der Waals surface area contributed by atoms with Gasteiger partial charge in [-0.2, -0.15) is 0 Å². The summed E-state index contributed by atoms with van der Waals surface area (Å²) in [5.74, 6) is 1.03. The third-order valence-corrected chi connectivity index (χ3v) is 3.28. The third-order valence-electron chi connectivity index (χ3n) is 2.54. The molecule has 0 fully saturated rings. The summed E-state index contributed by atoms with van der Waals surface area (Å²) in [5.41, 5.74) is 2.80. The van der Waals surface area contributed by atoms with Gasteiger partial charge in [0, 0.05) is 4.47 Å². The Kier molecular flexibility index (Phi) is 2.92. The summed E-state index contributed by atoms with van der Waals surface area (Å²) < 4.78 is 6.83. The first kappa shape index (κ1) is 9.78. The van der Waals surface area contributed by atoms with Crippen molar-refractivity contribution in [3.63, 3.8) is 0 Å². The highest BCUT2D eigenvalue weighted by Gasteiger charge is 2.17. The van der Waals surface area contributed by atoms with Crippen LogP contribution >= 0.6 is 15.9 Å². The van der Waals surface area contributed by atoms with E-state index in [4.69, 9.17) is 4.74 Å². The maximum atomic E-state index is 5.61. The lowest BCUT2D eigenvalue weighted by molar-refractivity contribution is 0.359. The molecule has 1 aliphatic rings. The van der Waals surface area contributed by atoms with E-state index in [0.717, 1.165) is 12.2 Å². The van der Waals surface area contributed by atoms with Crippen molar-refractivity contribution >= 4 is 15.9 Å². The van der Waals surface area contributed by atoms with Gasteiger partial charge in [0.05, 0.1) is 0 Å². The van der Waals surface area contributed by atoms with E-state index in [1.807, 2.05) is 6.07 Å². The fourth-order valence-electron chi connectivity index (χ4n) is 1.91. The van der Waals surface area contributed by atoms with Crippen molar-refractivity contribution in [1.29, 1.82) is 0 Å². The Hall–Kier alpha value is -0.760. The Balaban J connectivity index is 2.33. The summed E-state index contributed by atoms with van der Waals surface area (Å²) in [5, 5.41) is 0. The first-order valence-corrected chi connectivity index (χ1v) is 5.66. The molecule has 0 radical (unpaired) electrons. The predicted molar refractivity (Wildman–Crippen MR) is 61.9 cm³/mol. The third kappa shape index (κ3) is 1.71. The Morgan fingerprint density at radius 2 is 2.14 bits per heavy atom. The summed E-state index contributed by atoms with van der Waals surface area (Å²) in [4.78, 5) is 0. The van der Waals surface area contributed by atoms with E-state index in [2.05, 4.69) is 28.6 Å². The van der Waals surface area contributed by atoms with E-state index in [1.165, 1.54) is 28.4 Å². The van der Waals surface area contributed by atoms with Crippen LogP contribution in [-0.4, -0.2) is 6.61 Å². The molecule has 0 saturated heterocycles. The molecule has 0 N–H and O–H groups in total. The number of halogens is 1. The van der Waals surface area contributed by atoms with Crippen molar-refractivity contribution in [3.8, 4) is 5.75 Å². The van der Waals surface area contributed by atoms with Crippen LogP contribution in [0.5, 0.6) is 5.75 Å². The Morgan fingerprint density at radius 1 is 1.36 bits per heavy atom. The van der Waals surface area contributed by atoms with Crippen molar-refractivity contribution in [3.05, 3.63) is 40.4 Å². The largest absolute Gasteiger partial charge is 0.489 e. The fraction of sp³-hybridized carbons (Fsp3) is 0.333. The van der Waals surface area contributed by atoms with E-state index in [1.54, 1.807) is 6.08 Å². The molecule has 0 amide bonds. The molecule has 0 bridgehead atoms. The van der Waals surface area contributed by atoms with Gasteiger partial charge in [-0.25, -0.2) is 0 Å². The minimum atomic E-state index is 0.591. The lowest BCUT2D eigenvalue weighted by Crippen LogP contribution is -1.97. The highest BCUT2D eigenvalue weighted by Crippen LogP contribution is 2.35. The molecule has 1 aromatic rings. The first-order valence-electron chi connectivity index (χ1n) is 4.87. The van der Waals surface area contributed by atoms with Crippen LogP contribution in [0.3, 0.4) is 0 Å². The summed E-state index contributed by atoms with van der Waals surface area (Å²) in [6.07, 6.45) is 5.33. The smallest absolute Gasteiger partial charge is 0.123 e. The SMILES string of the molecule is C=CCOc1ccc(Br)c2c1CCC2. The maximum absolute atomic E-state index is 5.61. The van der Waals surface area contributed by atoms with Crippen molar-refractivity contribution in [1.82, 2.24) is 0 Å². The van der Waals surface area contributed by atoms with Gasteiger partial charge < -0.3 is 4.74 Å². The van der Waals surface area contributed by atoms with Gasteiger partial charge in [0.15, 0.2) is 0 Å². The van der Waals surface area contributed by atoms with Gasteiger partial charge in [-0.05, 0) is 42.5 Å². The van der Waals surface area contributed by atoms with Crippen molar-refractivity contribution < 1.29 is 4.74 Å². The number of ether oxygens (including phenoxy) is 1. The minimum absolute atomic E-state index is 0.591. The average Bonchev–Trinajstić information content (AvgIpc) is 2.66. The van der Waals surface area contributed by atoms with E-state index in [9.17, 15) is 0 Å². The second-order valence-corrected chi connectivity index (χ2v) is 4.31. The molecular formula is C12H13BrO. The summed E-state index contributed by atoms with van der Waals surface area (Å²) in [7, 11) is 0. The molecule has 0 saturated carbocycles. The number of benzene rings is 1. The molecule has 0 unspecified atom stereocenters. The molecule has 2 rings (SSSR count). The van der Waals surface area contributed by atoms with E-state index < -0.39 is 0 Å². The molecule has 0 heterocycles. The number of hydrogen-bond donors (Lipinski definition) is 0. The monoisotopic (exact) mass is 252 g/mol. The molecule has 74 valence electrons. The van der Waals surface area contributed by atoms with Crippen molar-refractivity contribution in [2.75, 3.05) is 6.61 Å². The van der Waals surface area contributed by atoms with Gasteiger partial charge in [0.1, 0.15) is 12.4 Å². The second kappa shape index (κ2) is 4.18. The average molecular weight is 253 g/mol. The van der Waals surface area contributed by atoms with Crippen molar-refractivity contribution in [2.24, 2.45) is 0 Å². The van der Waals surface area contributed by atoms with Crippen LogP contribution in [0, 0.1) is 0 Å². The lowest BCUT2D eigenvalue weighted by atomic mass is 10.1. The van der Waals surface area contributed by atoms with Gasteiger partial charge in [0.2, 0.25) is 0 Å². The number of fused-ring (bicyclic) bond motifs is 1. The maximum Gasteiger partial charge on any atom is 0.123 e. The topological polar surface area (TPSA) is 9.23 Å². The van der Waals surface area contributed by atoms with Gasteiger partial charge in [0.25, 0.3) is 0 Å². The quantitative estimate of drug-likeness (QED) is 0.749. The molecule has 2 heteroatoms. The van der Waals surface area contributed by atoms with Gasteiger partial charge in [-0.3, -0.25) is 0 Å². The number of hydrogen-bond acceptors (Lipinski definition) is 1. The number of rotatable bonds is 3. The summed E-state index contributed by atoms with van der Waals surface area (Å²) in [6.45, 7) is 4.24. The van der Waals surface area contributed by atoms with E-state index in [0.29, 0.717) is 6.61 Å². The minimum Gasteiger partial charge on any atom is -0.489 e. The molecule has 14 heavy (non-hydrogen) atoms. The van der Waals surface area contributed by atoms with Gasteiger partial charge >= 0.3 is 0 Å². The highest BCUT2D eigenvalue weighted by molar-refractivity contribution is 9.10. The molecule has 0 aromatic heterocycles. The van der Waals surface area contributed by atoms with Crippen molar-refractivity contribution in [2.45, 2.75) is 19.3 Å². The molecule has 1 nitrogen and oxygen atoms in total. The Labute approximate surface area is 92.9 Å². The van der Waals surface area contributed by atoms with Crippen LogP contribution in [0.25, 0.3) is 0 Å². The predicted octanol–water partition coefficient (Wildman–Crippen LogP) is 3.50. The first-order chi connectivity index (χ1) is 6.83.